The zero-order chi connectivity index (χ0) is 14.9. The molecule has 0 radical (unpaired) electrons. The maximum Gasteiger partial charge on any atom is 0.263 e. The number of halogens is 1. The van der Waals surface area contributed by atoms with Gasteiger partial charge in [-0.2, -0.15) is 0 Å². The van der Waals surface area contributed by atoms with Gasteiger partial charge in [0.1, 0.15) is 4.90 Å². The minimum absolute atomic E-state index is 0.0952. The second kappa shape index (κ2) is 5.42. The van der Waals surface area contributed by atoms with Crippen LogP contribution in [0.5, 0.6) is 0 Å². The van der Waals surface area contributed by atoms with E-state index in [1.165, 1.54) is 18.5 Å². The molecule has 5 nitrogen and oxygen atoms in total. The van der Waals surface area contributed by atoms with Gasteiger partial charge in [0.15, 0.2) is 0 Å². The van der Waals surface area contributed by atoms with Crippen molar-refractivity contribution in [3.63, 3.8) is 0 Å². The fraction of sp³-hybridized carbons (Fsp3) is 0. The number of hydrogen-bond donors (Lipinski definition) is 1. The van der Waals surface area contributed by atoms with Crippen LogP contribution in [-0.4, -0.2) is 18.4 Å². The Bertz CT molecular complexity index is 907. The Morgan fingerprint density at radius 2 is 1.95 bits per heavy atom. The Balaban J connectivity index is 2.06. The average Bonchev–Trinajstić information content (AvgIpc) is 2.47. The van der Waals surface area contributed by atoms with Gasteiger partial charge in [0, 0.05) is 28.4 Å². The van der Waals surface area contributed by atoms with E-state index in [1.807, 2.05) is 12.1 Å². The minimum Gasteiger partial charge on any atom is -0.279 e. The summed E-state index contributed by atoms with van der Waals surface area (Å²) in [6.07, 6.45) is 4.50. The van der Waals surface area contributed by atoms with E-state index in [0.717, 1.165) is 10.9 Å². The molecule has 0 aliphatic rings. The van der Waals surface area contributed by atoms with Gasteiger partial charge in [0.2, 0.25) is 0 Å². The summed E-state index contributed by atoms with van der Waals surface area (Å²) in [5.74, 6) is 0. The first-order chi connectivity index (χ1) is 10.1. The fourth-order valence-electron chi connectivity index (χ4n) is 1.94. The number of pyridine rings is 2. The van der Waals surface area contributed by atoms with E-state index in [-0.39, 0.29) is 4.90 Å². The molecule has 2 heterocycles. The first-order valence-electron chi connectivity index (χ1n) is 6.03. The molecule has 0 aliphatic heterocycles. The Hall–Kier alpha value is -1.99. The molecule has 0 fully saturated rings. The van der Waals surface area contributed by atoms with Gasteiger partial charge in [0.05, 0.1) is 11.2 Å². The van der Waals surface area contributed by atoms with Crippen molar-refractivity contribution in [3.05, 3.63) is 59.5 Å². The number of benzene rings is 1. The topological polar surface area (TPSA) is 72.0 Å². The molecular weight excluding hydrogens is 354 g/mol. The lowest BCUT2D eigenvalue weighted by Crippen LogP contribution is -2.13. The number of anilines is 1. The molecule has 0 amide bonds. The highest BCUT2D eigenvalue weighted by molar-refractivity contribution is 9.10. The van der Waals surface area contributed by atoms with Crippen LogP contribution in [0.4, 0.5) is 5.69 Å². The van der Waals surface area contributed by atoms with Crippen LogP contribution in [-0.2, 0) is 10.0 Å². The molecule has 1 aromatic carbocycles. The summed E-state index contributed by atoms with van der Waals surface area (Å²) in [5, 5.41) is 0.742. The van der Waals surface area contributed by atoms with Crippen molar-refractivity contribution in [3.8, 4) is 0 Å². The zero-order valence-corrected chi connectivity index (χ0v) is 13.1. The highest BCUT2D eigenvalue weighted by Gasteiger charge is 2.16. The molecular formula is C14H10BrN3O2S. The molecule has 0 unspecified atom stereocenters. The van der Waals surface area contributed by atoms with Gasteiger partial charge in [-0.05, 0) is 46.3 Å². The summed E-state index contributed by atoms with van der Waals surface area (Å²) in [7, 11) is -3.70. The van der Waals surface area contributed by atoms with Crippen LogP contribution in [0.15, 0.2) is 64.4 Å². The first kappa shape index (κ1) is 14.0. The molecule has 0 saturated carbocycles. The Morgan fingerprint density at radius 3 is 2.76 bits per heavy atom. The SMILES string of the molecule is O=S(=O)(Nc1cccc2ncccc12)c1cncc(Br)c1. The summed E-state index contributed by atoms with van der Waals surface area (Å²) in [5.41, 5.74) is 1.21. The molecule has 0 bridgehead atoms. The number of hydrogen-bond acceptors (Lipinski definition) is 4. The van der Waals surface area contributed by atoms with Crippen LogP contribution in [0, 0.1) is 0 Å². The van der Waals surface area contributed by atoms with Gasteiger partial charge in [-0.1, -0.05) is 6.07 Å². The summed E-state index contributed by atoms with van der Waals surface area (Å²) in [4.78, 5) is 8.18. The van der Waals surface area contributed by atoms with E-state index in [2.05, 4.69) is 30.6 Å². The van der Waals surface area contributed by atoms with Gasteiger partial charge >= 0.3 is 0 Å². The van der Waals surface area contributed by atoms with Crippen molar-refractivity contribution >= 4 is 42.5 Å². The number of nitrogens with one attached hydrogen (secondary N) is 1. The van der Waals surface area contributed by atoms with E-state index < -0.39 is 10.0 Å². The number of sulfonamides is 1. The third-order valence-corrected chi connectivity index (χ3v) is 4.65. The summed E-state index contributed by atoms with van der Waals surface area (Å²) >= 11 is 3.22. The van der Waals surface area contributed by atoms with E-state index in [4.69, 9.17) is 0 Å². The Kier molecular flexibility index (Phi) is 3.60. The van der Waals surface area contributed by atoms with Crippen LogP contribution >= 0.6 is 15.9 Å². The molecule has 2 aromatic heterocycles. The summed E-state index contributed by atoms with van der Waals surface area (Å²) in [6.45, 7) is 0. The molecule has 0 saturated heterocycles. The van der Waals surface area contributed by atoms with Gasteiger partial charge in [-0.25, -0.2) is 8.42 Å². The standard InChI is InChI=1S/C14H10BrN3O2S/c15-10-7-11(9-16-8-10)21(19,20)18-14-5-1-4-13-12(14)3-2-6-17-13/h1-9,18H. The minimum atomic E-state index is -3.70. The van der Waals surface area contributed by atoms with Crippen LogP contribution in [0.3, 0.4) is 0 Å². The van der Waals surface area contributed by atoms with E-state index in [1.54, 1.807) is 24.4 Å². The van der Waals surface area contributed by atoms with E-state index in [9.17, 15) is 8.42 Å². The first-order valence-corrected chi connectivity index (χ1v) is 8.31. The molecule has 0 spiro atoms. The van der Waals surface area contributed by atoms with Gasteiger partial charge < -0.3 is 0 Å². The third kappa shape index (κ3) is 2.88. The average molecular weight is 364 g/mol. The highest BCUT2D eigenvalue weighted by Crippen LogP contribution is 2.24. The zero-order valence-electron chi connectivity index (χ0n) is 10.7. The van der Waals surface area contributed by atoms with Gasteiger partial charge in [-0.3, -0.25) is 14.7 Å². The Labute approximate surface area is 130 Å². The van der Waals surface area contributed by atoms with Crippen molar-refractivity contribution in [2.24, 2.45) is 0 Å². The number of aromatic nitrogens is 2. The largest absolute Gasteiger partial charge is 0.279 e. The lowest BCUT2D eigenvalue weighted by molar-refractivity contribution is 0.601. The fourth-order valence-corrected chi connectivity index (χ4v) is 3.52. The van der Waals surface area contributed by atoms with Crippen molar-refractivity contribution in [2.75, 3.05) is 4.72 Å². The predicted molar refractivity (Wildman–Crippen MR) is 84.5 cm³/mol. The molecule has 0 aliphatic carbocycles. The monoisotopic (exact) mass is 363 g/mol. The lowest BCUT2D eigenvalue weighted by Gasteiger charge is -2.10. The van der Waals surface area contributed by atoms with Crippen molar-refractivity contribution in [1.82, 2.24) is 9.97 Å². The number of rotatable bonds is 3. The maximum absolute atomic E-state index is 12.4. The second-order valence-corrected chi connectivity index (χ2v) is 6.92. The quantitative estimate of drug-likeness (QED) is 0.775. The molecule has 1 N–H and O–H groups in total. The maximum atomic E-state index is 12.4. The van der Waals surface area contributed by atoms with Gasteiger partial charge in [-0.15, -0.1) is 0 Å². The molecule has 0 atom stereocenters. The van der Waals surface area contributed by atoms with Crippen LogP contribution in [0.1, 0.15) is 0 Å². The van der Waals surface area contributed by atoms with Crippen molar-refractivity contribution < 1.29 is 8.42 Å². The lowest BCUT2D eigenvalue weighted by atomic mass is 10.2. The van der Waals surface area contributed by atoms with Crippen LogP contribution in [0.2, 0.25) is 0 Å². The Morgan fingerprint density at radius 1 is 1.10 bits per heavy atom. The van der Waals surface area contributed by atoms with Crippen molar-refractivity contribution in [2.45, 2.75) is 4.90 Å². The van der Waals surface area contributed by atoms with Crippen LogP contribution < -0.4 is 4.72 Å². The molecule has 3 aromatic rings. The molecule has 21 heavy (non-hydrogen) atoms. The second-order valence-electron chi connectivity index (χ2n) is 4.32. The number of nitrogens with zero attached hydrogens (tertiary/aromatic N) is 2. The van der Waals surface area contributed by atoms with Gasteiger partial charge in [0.25, 0.3) is 10.0 Å². The molecule has 7 heteroatoms. The van der Waals surface area contributed by atoms with Crippen LogP contribution in [0.25, 0.3) is 10.9 Å². The molecule has 106 valence electrons. The predicted octanol–water partition coefficient (Wildman–Crippen LogP) is 3.19. The van der Waals surface area contributed by atoms with Crippen molar-refractivity contribution in [1.29, 1.82) is 0 Å². The highest BCUT2D eigenvalue weighted by atomic mass is 79.9. The normalized spacial score (nSPS) is 11.5. The van der Waals surface area contributed by atoms with E-state index >= 15 is 0 Å². The summed E-state index contributed by atoms with van der Waals surface area (Å²) in [6, 6.07) is 10.4. The summed E-state index contributed by atoms with van der Waals surface area (Å²) < 4.78 is 28.0. The molecule has 3 rings (SSSR count). The number of fused-ring (bicyclic) bond motifs is 1. The third-order valence-electron chi connectivity index (χ3n) is 2.88. The smallest absolute Gasteiger partial charge is 0.263 e. The van der Waals surface area contributed by atoms with E-state index in [0.29, 0.717) is 10.2 Å².